The van der Waals surface area contributed by atoms with Crippen molar-refractivity contribution in [3.05, 3.63) is 23.4 Å². The smallest absolute Gasteiger partial charge is 0.273 e. The number of hydrogen-bond donors (Lipinski definition) is 2. The zero-order valence-corrected chi connectivity index (χ0v) is 10.8. The van der Waals surface area contributed by atoms with Crippen LogP contribution in [0.4, 0.5) is 0 Å². The number of benzene rings is 1. The van der Waals surface area contributed by atoms with Crippen LogP contribution in [0.15, 0.2) is 17.8 Å². The van der Waals surface area contributed by atoms with Gasteiger partial charge in [0.25, 0.3) is 5.91 Å². The van der Waals surface area contributed by atoms with Crippen molar-refractivity contribution in [3.63, 3.8) is 0 Å². The van der Waals surface area contributed by atoms with Crippen molar-refractivity contribution in [2.24, 2.45) is 0 Å². The van der Waals surface area contributed by atoms with Gasteiger partial charge in [0.05, 0.1) is 7.11 Å². The minimum absolute atomic E-state index is 0.182. The van der Waals surface area contributed by atoms with E-state index in [4.69, 9.17) is 26.4 Å². The molecule has 2 aliphatic heterocycles. The maximum absolute atomic E-state index is 11.6. The number of nitrogens with one attached hydrogen (secondary N) is 2. The number of hydrogen-bond acceptors (Lipinski definition) is 5. The molecule has 0 saturated carbocycles. The van der Waals surface area contributed by atoms with Crippen LogP contribution in [0.3, 0.4) is 0 Å². The Labute approximate surface area is 114 Å². The van der Waals surface area contributed by atoms with Gasteiger partial charge in [-0.1, -0.05) is 0 Å². The molecule has 0 unspecified atom stereocenters. The topological polar surface area (TPSA) is 68.8 Å². The largest absolute Gasteiger partial charge is 0.496 e. The number of fused-ring (bicyclic) bond motifs is 1. The Morgan fingerprint density at radius 3 is 2.68 bits per heavy atom. The summed E-state index contributed by atoms with van der Waals surface area (Å²) in [4.78, 5) is 11.6. The quantitative estimate of drug-likeness (QED) is 0.615. The van der Waals surface area contributed by atoms with Crippen molar-refractivity contribution >= 4 is 29.3 Å². The zero-order valence-electron chi connectivity index (χ0n) is 9.98. The van der Waals surface area contributed by atoms with E-state index in [0.717, 1.165) is 0 Å². The molecule has 1 saturated heterocycles. The fourth-order valence-electron chi connectivity index (χ4n) is 1.87. The van der Waals surface area contributed by atoms with Crippen molar-refractivity contribution in [1.82, 2.24) is 10.6 Å². The van der Waals surface area contributed by atoms with Gasteiger partial charge in [0.1, 0.15) is 11.4 Å². The molecule has 1 aromatic carbocycles. The van der Waals surface area contributed by atoms with Crippen molar-refractivity contribution in [1.29, 1.82) is 0 Å². The molecule has 98 valence electrons. The van der Waals surface area contributed by atoms with Crippen molar-refractivity contribution in [2.75, 3.05) is 13.9 Å². The maximum atomic E-state index is 11.6. The summed E-state index contributed by atoms with van der Waals surface area (Å²) < 4.78 is 15.8. The summed E-state index contributed by atoms with van der Waals surface area (Å²) in [6.07, 6.45) is 1.65. The summed E-state index contributed by atoms with van der Waals surface area (Å²) >= 11 is 4.87. The van der Waals surface area contributed by atoms with Gasteiger partial charge < -0.3 is 19.5 Å². The van der Waals surface area contributed by atoms with E-state index >= 15 is 0 Å². The highest BCUT2D eigenvalue weighted by atomic mass is 32.1. The number of carbonyl (C=O) groups is 1. The minimum Gasteiger partial charge on any atom is -0.496 e. The van der Waals surface area contributed by atoms with Gasteiger partial charge >= 0.3 is 0 Å². The molecule has 3 rings (SSSR count). The van der Waals surface area contributed by atoms with E-state index in [0.29, 0.717) is 28.5 Å². The van der Waals surface area contributed by atoms with E-state index in [2.05, 4.69) is 10.6 Å². The van der Waals surface area contributed by atoms with Crippen LogP contribution in [-0.2, 0) is 4.79 Å². The van der Waals surface area contributed by atoms with Crippen LogP contribution in [0.25, 0.3) is 6.08 Å². The molecule has 0 atom stereocenters. The van der Waals surface area contributed by atoms with Crippen LogP contribution in [-0.4, -0.2) is 24.9 Å². The highest BCUT2D eigenvalue weighted by molar-refractivity contribution is 7.80. The van der Waals surface area contributed by atoms with Gasteiger partial charge in [0.15, 0.2) is 16.6 Å². The molecule has 0 aliphatic carbocycles. The van der Waals surface area contributed by atoms with Gasteiger partial charge in [-0.15, -0.1) is 0 Å². The SMILES string of the molecule is COc1cc2c(cc1C=C1NC(=S)NC1=O)OCO2. The highest BCUT2D eigenvalue weighted by Gasteiger charge is 2.22. The van der Waals surface area contributed by atoms with Crippen LogP contribution in [0.2, 0.25) is 0 Å². The molecular weight excluding hydrogens is 268 g/mol. The fraction of sp³-hybridized carbons (Fsp3) is 0.167. The van der Waals surface area contributed by atoms with Crippen LogP contribution < -0.4 is 24.8 Å². The lowest BCUT2D eigenvalue weighted by molar-refractivity contribution is -0.115. The molecule has 0 radical (unpaired) electrons. The molecule has 6 nitrogen and oxygen atoms in total. The summed E-state index contributed by atoms with van der Waals surface area (Å²) in [6.45, 7) is 0.182. The maximum Gasteiger partial charge on any atom is 0.273 e. The second kappa shape index (κ2) is 4.43. The lowest BCUT2D eigenvalue weighted by Gasteiger charge is -2.07. The molecule has 2 heterocycles. The predicted octanol–water partition coefficient (Wildman–Crippen LogP) is 0.769. The molecule has 0 bridgehead atoms. The lowest BCUT2D eigenvalue weighted by atomic mass is 10.1. The van der Waals surface area contributed by atoms with Crippen molar-refractivity contribution in [3.8, 4) is 17.2 Å². The van der Waals surface area contributed by atoms with Crippen LogP contribution >= 0.6 is 12.2 Å². The summed E-state index contributed by atoms with van der Waals surface area (Å²) in [6, 6.07) is 3.48. The molecule has 2 N–H and O–H groups in total. The van der Waals surface area contributed by atoms with Crippen molar-refractivity contribution < 1.29 is 19.0 Å². The monoisotopic (exact) mass is 278 g/mol. The molecule has 0 aromatic heterocycles. The first kappa shape index (κ1) is 11.8. The Morgan fingerprint density at radius 2 is 2.05 bits per heavy atom. The van der Waals surface area contributed by atoms with Gasteiger partial charge in [-0.05, 0) is 24.4 Å². The standard InChI is InChI=1S/C12H10N2O4S/c1-16-8-4-10-9(17-5-18-10)3-6(8)2-7-11(15)14-12(19)13-7/h2-4H,5H2,1H3,(H2,13,14,15,19). The molecule has 1 aromatic rings. The molecule has 1 fully saturated rings. The minimum atomic E-state index is -0.273. The number of thiocarbonyl (C=S) groups is 1. The van der Waals surface area contributed by atoms with Gasteiger partial charge in [0.2, 0.25) is 6.79 Å². The number of methoxy groups -OCH3 is 1. The van der Waals surface area contributed by atoms with E-state index < -0.39 is 0 Å². The normalized spacial score (nSPS) is 18.5. The third-order valence-corrected chi connectivity index (χ3v) is 2.95. The van der Waals surface area contributed by atoms with Crippen LogP contribution in [0.1, 0.15) is 5.56 Å². The van der Waals surface area contributed by atoms with E-state index in [1.54, 1.807) is 25.3 Å². The van der Waals surface area contributed by atoms with Gasteiger partial charge in [-0.2, -0.15) is 0 Å². The average molecular weight is 278 g/mol. The predicted molar refractivity (Wildman–Crippen MR) is 71.0 cm³/mol. The average Bonchev–Trinajstić information content (AvgIpc) is 2.95. The lowest BCUT2D eigenvalue weighted by Crippen LogP contribution is -2.21. The van der Waals surface area contributed by atoms with E-state index in [1.807, 2.05) is 0 Å². The first-order chi connectivity index (χ1) is 9.17. The zero-order chi connectivity index (χ0) is 13.4. The third-order valence-electron chi connectivity index (χ3n) is 2.74. The third kappa shape index (κ3) is 2.08. The van der Waals surface area contributed by atoms with Crippen LogP contribution in [0.5, 0.6) is 17.2 Å². The number of rotatable bonds is 2. The Kier molecular flexibility index (Phi) is 2.75. The number of ether oxygens (including phenoxy) is 3. The Morgan fingerprint density at radius 1 is 1.32 bits per heavy atom. The number of amides is 1. The van der Waals surface area contributed by atoms with E-state index in [-0.39, 0.29) is 17.8 Å². The fourth-order valence-corrected chi connectivity index (χ4v) is 2.07. The molecule has 0 spiro atoms. The number of carbonyl (C=O) groups excluding carboxylic acids is 1. The molecule has 7 heteroatoms. The summed E-state index contributed by atoms with van der Waals surface area (Å²) in [7, 11) is 1.55. The second-order valence-electron chi connectivity index (χ2n) is 3.91. The van der Waals surface area contributed by atoms with Crippen molar-refractivity contribution in [2.45, 2.75) is 0 Å². The summed E-state index contributed by atoms with van der Waals surface area (Å²) in [5, 5.41) is 5.56. The highest BCUT2D eigenvalue weighted by Crippen LogP contribution is 2.38. The second-order valence-corrected chi connectivity index (χ2v) is 4.32. The molecular formula is C12H10N2O4S. The first-order valence-electron chi connectivity index (χ1n) is 5.49. The summed E-state index contributed by atoms with van der Waals surface area (Å²) in [5.74, 6) is 1.56. The Bertz CT molecular complexity index is 612. The molecule has 1 amide bonds. The molecule has 2 aliphatic rings. The first-order valence-corrected chi connectivity index (χ1v) is 5.90. The van der Waals surface area contributed by atoms with E-state index in [1.165, 1.54) is 0 Å². The Balaban J connectivity index is 2.03. The summed E-state index contributed by atoms with van der Waals surface area (Å²) in [5.41, 5.74) is 1.07. The van der Waals surface area contributed by atoms with E-state index in [9.17, 15) is 4.79 Å². The van der Waals surface area contributed by atoms with Crippen LogP contribution in [0, 0.1) is 0 Å². The van der Waals surface area contributed by atoms with Gasteiger partial charge in [0, 0.05) is 11.6 Å². The van der Waals surface area contributed by atoms with Gasteiger partial charge in [-0.25, -0.2) is 0 Å². The Hall–Kier alpha value is -2.28. The van der Waals surface area contributed by atoms with Gasteiger partial charge in [-0.3, -0.25) is 10.1 Å². The molecule has 19 heavy (non-hydrogen) atoms.